The molecule has 0 saturated heterocycles. The molecule has 1 saturated carbocycles. The third kappa shape index (κ3) is 5.77. The third-order valence-electron chi connectivity index (χ3n) is 6.92. The Labute approximate surface area is 199 Å². The van der Waals surface area contributed by atoms with Crippen LogP contribution in [0.1, 0.15) is 95.0 Å². The topological polar surface area (TPSA) is 100 Å². The molecule has 1 aliphatic carbocycles. The molecule has 1 amide bonds. The molecule has 34 heavy (non-hydrogen) atoms. The molecule has 0 radical (unpaired) electrons. The maximum atomic E-state index is 15.1. The van der Waals surface area contributed by atoms with Crippen LogP contribution in [0.15, 0.2) is 23.1 Å². The molecule has 2 aromatic rings. The van der Waals surface area contributed by atoms with Gasteiger partial charge in [0.05, 0.1) is 17.6 Å². The number of hydrogen-bond donors (Lipinski definition) is 3. The van der Waals surface area contributed by atoms with E-state index in [0.717, 1.165) is 38.5 Å². The van der Waals surface area contributed by atoms with Crippen molar-refractivity contribution >= 4 is 28.5 Å². The summed E-state index contributed by atoms with van der Waals surface area (Å²) in [5.74, 6) is -2.18. The lowest BCUT2D eigenvalue weighted by molar-refractivity contribution is -0.137. The minimum Gasteiger partial charge on any atom is -0.481 e. The second kappa shape index (κ2) is 11.5. The number of halogens is 1. The number of amides is 1. The maximum absolute atomic E-state index is 15.1. The summed E-state index contributed by atoms with van der Waals surface area (Å²) in [6.45, 7) is 5.83. The van der Waals surface area contributed by atoms with Crippen LogP contribution >= 0.6 is 0 Å². The molecule has 1 fully saturated rings. The molecule has 0 unspecified atom stereocenters. The van der Waals surface area contributed by atoms with E-state index in [9.17, 15) is 14.4 Å². The van der Waals surface area contributed by atoms with Gasteiger partial charge >= 0.3 is 5.97 Å². The molecule has 1 aliphatic rings. The number of aromatic nitrogens is 1. The van der Waals surface area contributed by atoms with Crippen molar-refractivity contribution in [1.82, 2.24) is 9.88 Å². The van der Waals surface area contributed by atoms with E-state index in [-0.39, 0.29) is 29.5 Å². The number of rotatable bonds is 10. The first-order valence-electron chi connectivity index (χ1n) is 12.5. The number of nitrogens with zero attached hydrogens (tertiary/aromatic N) is 1. The summed E-state index contributed by atoms with van der Waals surface area (Å²) >= 11 is 0. The fourth-order valence-electron chi connectivity index (χ4n) is 4.86. The fraction of sp³-hybridized carbons (Fsp3) is 0.577. The molecule has 3 rings (SSSR count). The average molecular weight is 474 g/mol. The van der Waals surface area contributed by atoms with Crippen molar-refractivity contribution in [3.63, 3.8) is 0 Å². The van der Waals surface area contributed by atoms with Crippen LogP contribution in [0.25, 0.3) is 10.9 Å². The van der Waals surface area contributed by atoms with Gasteiger partial charge in [0.25, 0.3) is 5.91 Å². The highest BCUT2D eigenvalue weighted by atomic mass is 19.1. The number of carboxylic acid groups (broad SMARTS) is 1. The molecule has 7 nitrogen and oxygen atoms in total. The molecule has 1 aromatic heterocycles. The van der Waals surface area contributed by atoms with Gasteiger partial charge < -0.3 is 20.3 Å². The molecule has 1 atom stereocenters. The van der Waals surface area contributed by atoms with Gasteiger partial charge in [-0.25, -0.2) is 4.39 Å². The monoisotopic (exact) mass is 473 g/mol. The maximum Gasteiger partial charge on any atom is 0.305 e. The van der Waals surface area contributed by atoms with Gasteiger partial charge in [-0.3, -0.25) is 14.4 Å². The second-order valence-electron chi connectivity index (χ2n) is 9.25. The predicted octanol–water partition coefficient (Wildman–Crippen LogP) is 5.23. The Hall–Kier alpha value is -2.90. The summed E-state index contributed by atoms with van der Waals surface area (Å²) in [6, 6.07) is 2.55. The molecule has 0 aliphatic heterocycles. The first-order valence-corrected chi connectivity index (χ1v) is 12.5. The number of benzene rings is 1. The van der Waals surface area contributed by atoms with E-state index in [1.807, 2.05) is 18.4 Å². The lowest BCUT2D eigenvalue weighted by Gasteiger charge is -2.26. The van der Waals surface area contributed by atoms with Crippen molar-refractivity contribution < 1.29 is 19.1 Å². The number of carbonyl (C=O) groups is 2. The number of nitrogens with one attached hydrogen (secondary N) is 2. The third-order valence-corrected chi connectivity index (χ3v) is 6.92. The first-order chi connectivity index (χ1) is 16.3. The van der Waals surface area contributed by atoms with Crippen LogP contribution < -0.4 is 16.1 Å². The Bertz CT molecular complexity index is 1090. The van der Waals surface area contributed by atoms with E-state index < -0.39 is 29.2 Å². The number of aliphatic carboxylic acids is 1. The Morgan fingerprint density at radius 1 is 1.12 bits per heavy atom. The van der Waals surface area contributed by atoms with Gasteiger partial charge in [0.1, 0.15) is 11.4 Å². The van der Waals surface area contributed by atoms with Gasteiger partial charge in [-0.05, 0) is 44.2 Å². The fourth-order valence-corrected chi connectivity index (χ4v) is 4.86. The van der Waals surface area contributed by atoms with Crippen LogP contribution in [-0.4, -0.2) is 33.6 Å². The Kier molecular flexibility index (Phi) is 8.69. The molecule has 0 spiro atoms. The molecular formula is C26H36FN3O4. The van der Waals surface area contributed by atoms with E-state index in [4.69, 9.17) is 5.11 Å². The number of fused-ring (bicyclic) bond motifs is 1. The van der Waals surface area contributed by atoms with E-state index in [2.05, 4.69) is 10.6 Å². The lowest BCUT2D eigenvalue weighted by atomic mass is 9.95. The number of carboxylic acids is 1. The first kappa shape index (κ1) is 25.7. The highest BCUT2D eigenvalue weighted by Gasteiger charge is 2.23. The minimum atomic E-state index is -1.03. The van der Waals surface area contributed by atoms with Crippen LogP contribution in [0, 0.1) is 5.82 Å². The zero-order valence-electron chi connectivity index (χ0n) is 20.3. The van der Waals surface area contributed by atoms with Gasteiger partial charge in [0.2, 0.25) is 5.43 Å². The number of carbonyl (C=O) groups excluding carboxylic acids is 1. The van der Waals surface area contributed by atoms with Gasteiger partial charge in [0.15, 0.2) is 0 Å². The van der Waals surface area contributed by atoms with Crippen molar-refractivity contribution in [2.45, 2.75) is 96.7 Å². The standard InChI is InChI=1S/C26H36FN3O4/c1-4-16(12-24(31)32)29-26(34)20-15-30(18(5-2)6-3)23-14-22(21(27)13-19(23)25(20)33)28-17-10-8-7-9-11-17/h13-18,28H,4-12H2,1-3H3,(H,29,34)(H,31,32)/t16-/m1/s1. The second-order valence-corrected chi connectivity index (χ2v) is 9.25. The Morgan fingerprint density at radius 3 is 2.38 bits per heavy atom. The molecule has 8 heteroatoms. The van der Waals surface area contributed by atoms with Gasteiger partial charge in [-0.1, -0.05) is 40.0 Å². The highest BCUT2D eigenvalue weighted by molar-refractivity contribution is 5.98. The molecular weight excluding hydrogens is 437 g/mol. The van der Waals surface area contributed by atoms with Crippen molar-refractivity contribution in [1.29, 1.82) is 0 Å². The van der Waals surface area contributed by atoms with Crippen LogP contribution in [-0.2, 0) is 4.79 Å². The normalized spacial score (nSPS) is 15.4. The summed E-state index contributed by atoms with van der Waals surface area (Å²) in [4.78, 5) is 37.4. The van der Waals surface area contributed by atoms with Crippen molar-refractivity contribution in [2.24, 2.45) is 0 Å². The average Bonchev–Trinajstić information content (AvgIpc) is 2.82. The SMILES string of the molecule is CCC(CC)n1cc(C(=O)N[C@H](CC)CC(=O)O)c(=O)c2cc(F)c(NC3CCCCC3)cc21. The van der Waals surface area contributed by atoms with Gasteiger partial charge in [0, 0.05) is 29.7 Å². The Morgan fingerprint density at radius 2 is 1.79 bits per heavy atom. The van der Waals surface area contributed by atoms with Crippen molar-refractivity contribution in [2.75, 3.05) is 5.32 Å². The van der Waals surface area contributed by atoms with Crippen molar-refractivity contribution in [3.05, 3.63) is 39.9 Å². The van der Waals surface area contributed by atoms with E-state index in [0.29, 0.717) is 17.6 Å². The summed E-state index contributed by atoms with van der Waals surface area (Å²) in [5.41, 5.74) is 0.314. The number of pyridine rings is 1. The molecule has 0 bridgehead atoms. The van der Waals surface area contributed by atoms with E-state index in [1.54, 1.807) is 19.2 Å². The van der Waals surface area contributed by atoms with Crippen molar-refractivity contribution in [3.8, 4) is 0 Å². The summed E-state index contributed by atoms with van der Waals surface area (Å²) in [7, 11) is 0. The van der Waals surface area contributed by atoms with Crippen LogP contribution in [0.4, 0.5) is 10.1 Å². The zero-order chi connectivity index (χ0) is 24.8. The predicted molar refractivity (Wildman–Crippen MR) is 132 cm³/mol. The quantitative estimate of drug-likeness (QED) is 0.439. The van der Waals surface area contributed by atoms with Crippen LogP contribution in [0.2, 0.25) is 0 Å². The lowest BCUT2D eigenvalue weighted by Crippen LogP contribution is -2.38. The number of anilines is 1. The van der Waals surface area contributed by atoms with Gasteiger partial charge in [-0.15, -0.1) is 0 Å². The zero-order valence-corrected chi connectivity index (χ0v) is 20.3. The summed E-state index contributed by atoms with van der Waals surface area (Å²) in [5, 5.41) is 15.2. The molecule has 1 heterocycles. The number of hydrogen-bond acceptors (Lipinski definition) is 4. The van der Waals surface area contributed by atoms with Crippen LogP contribution in [0.3, 0.4) is 0 Å². The molecule has 3 N–H and O–H groups in total. The Balaban J connectivity index is 2.08. The van der Waals surface area contributed by atoms with Gasteiger partial charge in [-0.2, -0.15) is 0 Å². The summed E-state index contributed by atoms with van der Waals surface area (Å²) in [6.07, 6.45) is 8.68. The summed E-state index contributed by atoms with van der Waals surface area (Å²) < 4.78 is 17.0. The smallest absolute Gasteiger partial charge is 0.305 e. The van der Waals surface area contributed by atoms with Crippen LogP contribution in [0.5, 0.6) is 0 Å². The largest absolute Gasteiger partial charge is 0.481 e. The highest BCUT2D eigenvalue weighted by Crippen LogP contribution is 2.29. The molecule has 1 aromatic carbocycles. The molecule has 186 valence electrons. The van der Waals surface area contributed by atoms with E-state index >= 15 is 4.39 Å². The minimum absolute atomic E-state index is 0.0173. The van der Waals surface area contributed by atoms with E-state index in [1.165, 1.54) is 12.5 Å².